The van der Waals surface area contributed by atoms with E-state index in [1.165, 1.54) is 12.8 Å². The van der Waals surface area contributed by atoms with Gasteiger partial charge in [-0.05, 0) is 44.0 Å². The number of piperidine rings is 1. The standard InChI is InChI=1S/C13H16N4O/c18-9-11-1-2-12-15-16-13(17(12)8-11)7-10-3-5-14-6-4-10/h1-2,8-10,14H,3-7H2. The molecule has 0 radical (unpaired) electrons. The van der Waals surface area contributed by atoms with Crippen molar-refractivity contribution in [3.63, 3.8) is 0 Å². The van der Waals surface area contributed by atoms with Crippen LogP contribution in [0.4, 0.5) is 0 Å². The van der Waals surface area contributed by atoms with Gasteiger partial charge < -0.3 is 5.32 Å². The molecule has 94 valence electrons. The lowest BCUT2D eigenvalue weighted by molar-refractivity contribution is 0.112. The fourth-order valence-corrected chi connectivity index (χ4v) is 2.51. The molecule has 2 aromatic heterocycles. The molecular formula is C13H16N4O. The molecule has 1 N–H and O–H groups in total. The van der Waals surface area contributed by atoms with Crippen LogP contribution in [-0.4, -0.2) is 34.0 Å². The van der Waals surface area contributed by atoms with Crippen molar-refractivity contribution < 1.29 is 4.79 Å². The van der Waals surface area contributed by atoms with Crippen LogP contribution in [-0.2, 0) is 6.42 Å². The third-order valence-corrected chi connectivity index (χ3v) is 3.56. The molecule has 0 spiro atoms. The van der Waals surface area contributed by atoms with E-state index >= 15 is 0 Å². The molecular weight excluding hydrogens is 228 g/mol. The van der Waals surface area contributed by atoms with E-state index in [0.717, 1.165) is 37.3 Å². The monoisotopic (exact) mass is 244 g/mol. The first kappa shape index (κ1) is 11.3. The van der Waals surface area contributed by atoms with E-state index in [1.807, 2.05) is 16.7 Å². The predicted octanol–water partition coefficient (Wildman–Crippen LogP) is 1.08. The zero-order valence-corrected chi connectivity index (χ0v) is 10.2. The molecule has 0 atom stereocenters. The zero-order valence-electron chi connectivity index (χ0n) is 10.2. The minimum Gasteiger partial charge on any atom is -0.317 e. The first-order chi connectivity index (χ1) is 8.86. The van der Waals surface area contributed by atoms with E-state index in [-0.39, 0.29) is 0 Å². The van der Waals surface area contributed by atoms with Gasteiger partial charge in [0.05, 0.1) is 0 Å². The van der Waals surface area contributed by atoms with Crippen LogP contribution in [0.25, 0.3) is 5.65 Å². The number of carbonyl (C=O) groups is 1. The van der Waals surface area contributed by atoms with Gasteiger partial charge in [0.15, 0.2) is 11.9 Å². The highest BCUT2D eigenvalue weighted by molar-refractivity contribution is 5.74. The molecule has 1 aliphatic heterocycles. The third-order valence-electron chi connectivity index (χ3n) is 3.56. The maximum atomic E-state index is 10.8. The highest BCUT2D eigenvalue weighted by Gasteiger charge is 2.16. The molecule has 0 saturated carbocycles. The Morgan fingerprint density at radius 3 is 2.94 bits per heavy atom. The number of nitrogens with one attached hydrogen (secondary N) is 1. The number of fused-ring (bicyclic) bond motifs is 1. The highest BCUT2D eigenvalue weighted by atomic mass is 16.1. The molecule has 0 aromatic carbocycles. The van der Waals surface area contributed by atoms with Gasteiger partial charge in [-0.3, -0.25) is 9.20 Å². The maximum Gasteiger partial charge on any atom is 0.160 e. The highest BCUT2D eigenvalue weighted by Crippen LogP contribution is 2.17. The summed E-state index contributed by atoms with van der Waals surface area (Å²) in [4.78, 5) is 10.8. The summed E-state index contributed by atoms with van der Waals surface area (Å²) in [5, 5.41) is 11.7. The summed E-state index contributed by atoms with van der Waals surface area (Å²) in [6, 6.07) is 3.61. The number of aldehydes is 1. The van der Waals surface area contributed by atoms with Gasteiger partial charge >= 0.3 is 0 Å². The first-order valence-electron chi connectivity index (χ1n) is 6.36. The van der Waals surface area contributed by atoms with E-state index in [0.29, 0.717) is 11.5 Å². The number of pyridine rings is 1. The fraction of sp³-hybridized carbons (Fsp3) is 0.462. The van der Waals surface area contributed by atoms with E-state index in [1.54, 1.807) is 6.07 Å². The minimum absolute atomic E-state index is 0.661. The topological polar surface area (TPSA) is 59.3 Å². The minimum atomic E-state index is 0.661. The van der Waals surface area contributed by atoms with Crippen molar-refractivity contribution in [2.45, 2.75) is 19.3 Å². The lowest BCUT2D eigenvalue weighted by atomic mass is 9.94. The van der Waals surface area contributed by atoms with Crippen LogP contribution in [0, 0.1) is 5.92 Å². The van der Waals surface area contributed by atoms with Gasteiger partial charge in [0.1, 0.15) is 5.82 Å². The summed E-state index contributed by atoms with van der Waals surface area (Å²) in [5.74, 6) is 1.62. The second-order valence-corrected chi connectivity index (χ2v) is 4.82. The molecule has 3 heterocycles. The number of aromatic nitrogens is 3. The van der Waals surface area contributed by atoms with Crippen molar-refractivity contribution in [3.8, 4) is 0 Å². The molecule has 0 bridgehead atoms. The Morgan fingerprint density at radius 1 is 1.33 bits per heavy atom. The third kappa shape index (κ3) is 2.13. The van der Waals surface area contributed by atoms with Crippen LogP contribution in [0.2, 0.25) is 0 Å². The largest absolute Gasteiger partial charge is 0.317 e. The molecule has 0 aliphatic carbocycles. The molecule has 1 saturated heterocycles. The van der Waals surface area contributed by atoms with Gasteiger partial charge in [0.2, 0.25) is 0 Å². The van der Waals surface area contributed by atoms with Gasteiger partial charge in [-0.25, -0.2) is 0 Å². The van der Waals surface area contributed by atoms with Crippen LogP contribution in [0.15, 0.2) is 18.3 Å². The maximum absolute atomic E-state index is 10.8. The smallest absolute Gasteiger partial charge is 0.160 e. The average Bonchev–Trinajstić information content (AvgIpc) is 2.82. The molecule has 5 heteroatoms. The molecule has 0 amide bonds. The number of carbonyl (C=O) groups excluding carboxylic acids is 1. The predicted molar refractivity (Wildman–Crippen MR) is 67.7 cm³/mol. The molecule has 2 aromatic rings. The molecule has 1 fully saturated rings. The van der Waals surface area contributed by atoms with E-state index in [9.17, 15) is 4.79 Å². The Balaban J connectivity index is 1.88. The quantitative estimate of drug-likeness (QED) is 0.821. The van der Waals surface area contributed by atoms with Crippen LogP contribution >= 0.6 is 0 Å². The first-order valence-corrected chi connectivity index (χ1v) is 6.36. The van der Waals surface area contributed by atoms with Crippen molar-refractivity contribution in [1.29, 1.82) is 0 Å². The second kappa shape index (κ2) is 4.86. The summed E-state index contributed by atoms with van der Waals surface area (Å²) in [5.41, 5.74) is 1.47. The molecule has 18 heavy (non-hydrogen) atoms. The second-order valence-electron chi connectivity index (χ2n) is 4.82. The summed E-state index contributed by atoms with van der Waals surface area (Å²) in [6.45, 7) is 2.17. The summed E-state index contributed by atoms with van der Waals surface area (Å²) in [6.07, 6.45) is 5.97. The molecule has 0 unspecified atom stereocenters. The number of nitrogens with zero attached hydrogens (tertiary/aromatic N) is 3. The van der Waals surface area contributed by atoms with Crippen LogP contribution in [0.1, 0.15) is 29.0 Å². The lowest BCUT2D eigenvalue weighted by Crippen LogP contribution is -2.29. The van der Waals surface area contributed by atoms with Gasteiger partial charge in [0.25, 0.3) is 0 Å². The van der Waals surface area contributed by atoms with E-state index in [2.05, 4.69) is 15.5 Å². The van der Waals surface area contributed by atoms with Gasteiger partial charge in [-0.15, -0.1) is 10.2 Å². The summed E-state index contributed by atoms with van der Waals surface area (Å²) >= 11 is 0. The Bertz CT molecular complexity index is 557. The van der Waals surface area contributed by atoms with Gasteiger partial charge in [-0.1, -0.05) is 0 Å². The van der Waals surface area contributed by atoms with Crippen molar-refractivity contribution in [1.82, 2.24) is 19.9 Å². The van der Waals surface area contributed by atoms with Crippen molar-refractivity contribution in [2.75, 3.05) is 13.1 Å². The summed E-state index contributed by atoms with van der Waals surface area (Å²) < 4.78 is 1.94. The van der Waals surface area contributed by atoms with Crippen molar-refractivity contribution in [2.24, 2.45) is 5.92 Å². The summed E-state index contributed by atoms with van der Waals surface area (Å²) in [7, 11) is 0. The Hall–Kier alpha value is -1.75. The lowest BCUT2D eigenvalue weighted by Gasteiger charge is -2.21. The van der Waals surface area contributed by atoms with Gasteiger partial charge in [-0.2, -0.15) is 0 Å². The van der Waals surface area contributed by atoms with Crippen LogP contribution in [0.5, 0.6) is 0 Å². The average molecular weight is 244 g/mol. The molecule has 1 aliphatic rings. The Kier molecular flexibility index (Phi) is 3.06. The number of rotatable bonds is 3. The van der Waals surface area contributed by atoms with E-state index in [4.69, 9.17) is 0 Å². The van der Waals surface area contributed by atoms with E-state index < -0.39 is 0 Å². The van der Waals surface area contributed by atoms with Crippen molar-refractivity contribution in [3.05, 3.63) is 29.7 Å². The number of hydrogen-bond donors (Lipinski definition) is 1. The fourth-order valence-electron chi connectivity index (χ4n) is 2.51. The normalized spacial score (nSPS) is 17.1. The van der Waals surface area contributed by atoms with Crippen LogP contribution < -0.4 is 5.32 Å². The zero-order chi connectivity index (χ0) is 12.4. The number of hydrogen-bond acceptors (Lipinski definition) is 4. The Labute approximate surface area is 105 Å². The molecule has 3 rings (SSSR count). The van der Waals surface area contributed by atoms with Gasteiger partial charge in [0, 0.05) is 18.2 Å². The Morgan fingerprint density at radius 2 is 2.17 bits per heavy atom. The SMILES string of the molecule is O=Cc1ccc2nnc(CC3CCNCC3)n2c1. The van der Waals surface area contributed by atoms with Crippen LogP contribution in [0.3, 0.4) is 0 Å². The molecule has 5 nitrogen and oxygen atoms in total. The van der Waals surface area contributed by atoms with Crippen molar-refractivity contribution >= 4 is 11.9 Å².